The van der Waals surface area contributed by atoms with Gasteiger partial charge in [0.25, 0.3) is 5.91 Å². The van der Waals surface area contributed by atoms with Crippen LogP contribution in [0.25, 0.3) is 0 Å². The second-order valence-electron chi connectivity index (χ2n) is 7.17. The summed E-state index contributed by atoms with van der Waals surface area (Å²) in [5, 5.41) is 12.9. The molecular formula is C18H26N2O4. The Kier molecular flexibility index (Phi) is 5.36. The van der Waals surface area contributed by atoms with E-state index in [1.807, 2.05) is 25.7 Å². The Morgan fingerprint density at radius 3 is 2.38 bits per heavy atom. The average molecular weight is 334 g/mol. The minimum atomic E-state index is -0.384. The smallest absolute Gasteiger partial charge is 0.255 e. The first-order chi connectivity index (χ1) is 11.2. The predicted molar refractivity (Wildman–Crippen MR) is 91.2 cm³/mol. The molecule has 0 radical (unpaired) electrons. The molecule has 132 valence electrons. The van der Waals surface area contributed by atoms with Crippen LogP contribution in [-0.2, 0) is 4.79 Å². The van der Waals surface area contributed by atoms with Crippen LogP contribution in [0.15, 0.2) is 18.2 Å². The lowest BCUT2D eigenvalue weighted by molar-refractivity contribution is -0.140. The maximum atomic E-state index is 12.3. The second-order valence-corrected chi connectivity index (χ2v) is 7.17. The Morgan fingerprint density at radius 1 is 1.25 bits per heavy atom. The Labute approximate surface area is 142 Å². The lowest BCUT2D eigenvalue weighted by Crippen LogP contribution is -2.49. The van der Waals surface area contributed by atoms with Crippen molar-refractivity contribution in [3.8, 4) is 11.5 Å². The highest BCUT2D eigenvalue weighted by atomic mass is 16.5. The number of phenolic OH excluding ortho intramolecular Hbond substituents is 1. The number of ether oxygens (including phenoxy) is 1. The molecule has 1 saturated heterocycles. The van der Waals surface area contributed by atoms with Gasteiger partial charge in [-0.1, -0.05) is 20.8 Å². The molecular weight excluding hydrogens is 308 g/mol. The molecule has 2 amide bonds. The number of amides is 2. The van der Waals surface area contributed by atoms with Gasteiger partial charge in [-0.3, -0.25) is 9.59 Å². The highest BCUT2D eigenvalue weighted by Crippen LogP contribution is 2.24. The van der Waals surface area contributed by atoms with Gasteiger partial charge in [-0.15, -0.1) is 0 Å². The van der Waals surface area contributed by atoms with Crippen molar-refractivity contribution in [1.82, 2.24) is 10.2 Å². The molecule has 0 saturated carbocycles. The van der Waals surface area contributed by atoms with E-state index in [2.05, 4.69) is 5.32 Å². The lowest BCUT2D eigenvalue weighted by atomic mass is 9.93. The van der Waals surface area contributed by atoms with Crippen LogP contribution in [0.5, 0.6) is 11.5 Å². The van der Waals surface area contributed by atoms with Gasteiger partial charge in [0, 0.05) is 30.6 Å². The van der Waals surface area contributed by atoms with Crippen LogP contribution < -0.4 is 10.1 Å². The molecule has 24 heavy (non-hydrogen) atoms. The number of carbonyl (C=O) groups excluding carboxylic acids is 2. The van der Waals surface area contributed by atoms with E-state index in [0.29, 0.717) is 31.7 Å². The van der Waals surface area contributed by atoms with E-state index in [1.165, 1.54) is 13.2 Å². The molecule has 0 aromatic heterocycles. The Morgan fingerprint density at radius 2 is 1.88 bits per heavy atom. The van der Waals surface area contributed by atoms with Crippen LogP contribution >= 0.6 is 0 Å². The maximum absolute atomic E-state index is 12.3. The second kappa shape index (κ2) is 7.11. The van der Waals surface area contributed by atoms with Crippen LogP contribution in [0.3, 0.4) is 0 Å². The van der Waals surface area contributed by atoms with Crippen molar-refractivity contribution in [2.24, 2.45) is 5.41 Å². The van der Waals surface area contributed by atoms with E-state index in [4.69, 9.17) is 4.74 Å². The number of phenols is 1. The fourth-order valence-electron chi connectivity index (χ4n) is 2.79. The molecule has 1 aromatic carbocycles. The van der Waals surface area contributed by atoms with Crippen molar-refractivity contribution < 1.29 is 19.4 Å². The number of rotatable bonds is 3. The molecule has 0 atom stereocenters. The van der Waals surface area contributed by atoms with Gasteiger partial charge in [-0.05, 0) is 25.0 Å². The number of methoxy groups -OCH3 is 1. The van der Waals surface area contributed by atoms with Crippen molar-refractivity contribution in [1.29, 1.82) is 0 Å². The highest BCUT2D eigenvalue weighted by molar-refractivity contribution is 5.97. The van der Waals surface area contributed by atoms with Crippen molar-refractivity contribution in [2.45, 2.75) is 39.7 Å². The van der Waals surface area contributed by atoms with Crippen LogP contribution in [-0.4, -0.2) is 48.1 Å². The Hall–Kier alpha value is -2.24. The largest absolute Gasteiger partial charge is 0.507 e. The first-order valence-corrected chi connectivity index (χ1v) is 8.19. The molecule has 2 N–H and O–H groups in total. The standard InChI is InChI=1S/C18H26N2O4/c1-18(2,3)17(23)20-9-7-12(8-10-20)19-16(22)14-6-5-13(24-4)11-15(14)21/h5-6,11-12,21H,7-10H2,1-4H3,(H,19,22). The number of likely N-dealkylation sites (tertiary alicyclic amines) is 1. The van der Waals surface area contributed by atoms with E-state index in [1.54, 1.807) is 12.1 Å². The maximum Gasteiger partial charge on any atom is 0.255 e. The molecule has 6 heteroatoms. The molecule has 1 heterocycles. The topological polar surface area (TPSA) is 78.9 Å². The molecule has 6 nitrogen and oxygen atoms in total. The average Bonchev–Trinajstić information content (AvgIpc) is 2.53. The zero-order chi connectivity index (χ0) is 17.9. The monoisotopic (exact) mass is 334 g/mol. The molecule has 0 bridgehead atoms. The van der Waals surface area contributed by atoms with Gasteiger partial charge in [0.05, 0.1) is 12.7 Å². The first-order valence-electron chi connectivity index (χ1n) is 8.19. The van der Waals surface area contributed by atoms with E-state index in [9.17, 15) is 14.7 Å². The normalized spacial score (nSPS) is 15.9. The van der Waals surface area contributed by atoms with Gasteiger partial charge in [-0.25, -0.2) is 0 Å². The van der Waals surface area contributed by atoms with Crippen LogP contribution in [0.1, 0.15) is 44.0 Å². The number of aromatic hydroxyl groups is 1. The van der Waals surface area contributed by atoms with Gasteiger partial charge in [0.1, 0.15) is 11.5 Å². The number of nitrogens with zero attached hydrogens (tertiary/aromatic N) is 1. The molecule has 1 aliphatic rings. The van der Waals surface area contributed by atoms with Crippen molar-refractivity contribution in [3.63, 3.8) is 0 Å². The zero-order valence-corrected chi connectivity index (χ0v) is 14.8. The molecule has 2 rings (SSSR count). The third-order valence-corrected chi connectivity index (χ3v) is 4.21. The zero-order valence-electron chi connectivity index (χ0n) is 14.8. The Bertz CT molecular complexity index is 614. The summed E-state index contributed by atoms with van der Waals surface area (Å²) in [5.41, 5.74) is -0.158. The van der Waals surface area contributed by atoms with Crippen molar-refractivity contribution in [2.75, 3.05) is 20.2 Å². The van der Waals surface area contributed by atoms with E-state index >= 15 is 0 Å². The summed E-state index contributed by atoms with van der Waals surface area (Å²) in [5.74, 6) is 0.223. The Balaban J connectivity index is 1.92. The summed E-state index contributed by atoms with van der Waals surface area (Å²) in [6.45, 7) is 7.01. The predicted octanol–water partition coefficient (Wildman–Crippen LogP) is 2.17. The molecule has 1 fully saturated rings. The van der Waals surface area contributed by atoms with E-state index < -0.39 is 0 Å². The minimum absolute atomic E-state index is 0.00280. The van der Waals surface area contributed by atoms with Gasteiger partial charge < -0.3 is 20.1 Å². The number of benzene rings is 1. The number of hydrogen-bond acceptors (Lipinski definition) is 4. The number of nitrogens with one attached hydrogen (secondary N) is 1. The molecule has 0 aliphatic carbocycles. The van der Waals surface area contributed by atoms with Gasteiger partial charge >= 0.3 is 0 Å². The minimum Gasteiger partial charge on any atom is -0.507 e. The third kappa shape index (κ3) is 4.19. The van der Waals surface area contributed by atoms with Crippen LogP contribution in [0.2, 0.25) is 0 Å². The first kappa shape index (κ1) is 18.1. The molecule has 0 spiro atoms. The summed E-state index contributed by atoms with van der Waals surface area (Å²) in [7, 11) is 1.50. The van der Waals surface area contributed by atoms with Gasteiger partial charge in [0.2, 0.25) is 5.91 Å². The van der Waals surface area contributed by atoms with Crippen molar-refractivity contribution in [3.05, 3.63) is 23.8 Å². The van der Waals surface area contributed by atoms with Crippen LogP contribution in [0.4, 0.5) is 0 Å². The summed E-state index contributed by atoms with van der Waals surface area (Å²) >= 11 is 0. The number of piperidine rings is 1. The van der Waals surface area contributed by atoms with E-state index in [0.717, 1.165) is 0 Å². The molecule has 1 aromatic rings. The highest BCUT2D eigenvalue weighted by Gasteiger charge is 2.30. The third-order valence-electron chi connectivity index (χ3n) is 4.21. The van der Waals surface area contributed by atoms with Gasteiger partial charge in [0.15, 0.2) is 0 Å². The summed E-state index contributed by atoms with van der Waals surface area (Å²) < 4.78 is 5.01. The SMILES string of the molecule is COc1ccc(C(=O)NC2CCN(C(=O)C(C)(C)C)CC2)c(O)c1. The number of carbonyl (C=O) groups is 2. The summed E-state index contributed by atoms with van der Waals surface area (Å²) in [6.07, 6.45) is 1.43. The summed E-state index contributed by atoms with van der Waals surface area (Å²) in [6, 6.07) is 4.60. The molecule has 1 aliphatic heterocycles. The number of hydrogen-bond donors (Lipinski definition) is 2. The van der Waals surface area contributed by atoms with E-state index in [-0.39, 0.29) is 34.6 Å². The van der Waals surface area contributed by atoms with Crippen molar-refractivity contribution >= 4 is 11.8 Å². The quantitative estimate of drug-likeness (QED) is 0.888. The fourth-order valence-corrected chi connectivity index (χ4v) is 2.79. The van der Waals surface area contributed by atoms with Crippen LogP contribution in [0, 0.1) is 5.41 Å². The fraction of sp³-hybridized carbons (Fsp3) is 0.556. The van der Waals surface area contributed by atoms with Gasteiger partial charge in [-0.2, -0.15) is 0 Å². The summed E-state index contributed by atoms with van der Waals surface area (Å²) in [4.78, 5) is 26.4. The lowest BCUT2D eigenvalue weighted by Gasteiger charge is -2.36. The molecule has 0 unspecified atom stereocenters.